The van der Waals surface area contributed by atoms with Gasteiger partial charge < -0.3 is 0 Å². The summed E-state index contributed by atoms with van der Waals surface area (Å²) in [5, 5.41) is 0. The Morgan fingerprint density at radius 1 is 1.00 bits per heavy atom. The zero-order chi connectivity index (χ0) is 18.3. The van der Waals surface area contributed by atoms with Crippen LogP contribution in [0.4, 0.5) is 0 Å². The maximum absolute atomic E-state index is 12.0. The number of thiophene rings is 1. The molecule has 4 nitrogen and oxygen atoms in total. The fourth-order valence-electron chi connectivity index (χ4n) is 2.65. The summed E-state index contributed by atoms with van der Waals surface area (Å²) >= 11 is 1.81. The molecular formula is C19H28N2O2S2. The number of benzene rings is 1. The Labute approximate surface area is 156 Å². The molecule has 1 heterocycles. The van der Waals surface area contributed by atoms with E-state index < -0.39 is 10.0 Å². The van der Waals surface area contributed by atoms with E-state index in [9.17, 15) is 8.42 Å². The smallest absolute Gasteiger partial charge is 0.213 e. The fraction of sp³-hybridized carbons (Fsp3) is 0.474. The molecular weight excluding hydrogens is 352 g/mol. The minimum Gasteiger partial charge on any atom is -0.298 e. The Balaban J connectivity index is 1.93. The zero-order valence-corrected chi connectivity index (χ0v) is 16.9. The third-order valence-electron chi connectivity index (χ3n) is 4.17. The van der Waals surface area contributed by atoms with Crippen molar-refractivity contribution in [1.29, 1.82) is 0 Å². The first-order valence-corrected chi connectivity index (χ1v) is 11.0. The number of nitrogens with zero attached hydrogens (tertiary/aromatic N) is 2. The lowest BCUT2D eigenvalue weighted by Crippen LogP contribution is -2.30. The molecule has 0 spiro atoms. The van der Waals surface area contributed by atoms with Crippen molar-refractivity contribution >= 4 is 21.4 Å². The zero-order valence-electron chi connectivity index (χ0n) is 15.3. The van der Waals surface area contributed by atoms with Crippen molar-refractivity contribution in [3.63, 3.8) is 0 Å². The van der Waals surface area contributed by atoms with Gasteiger partial charge in [0.1, 0.15) is 0 Å². The van der Waals surface area contributed by atoms with Gasteiger partial charge >= 0.3 is 0 Å². The van der Waals surface area contributed by atoms with Gasteiger partial charge in [-0.15, -0.1) is 11.3 Å². The van der Waals surface area contributed by atoms with E-state index >= 15 is 0 Å². The standard InChI is InChI=1S/C19H28N2O2S2/c1-17-10-11-19(24-17)16-21(13-7-15-25(22,23)20(2)3)14-12-18-8-5-4-6-9-18/h4-6,8-11H,7,12-16H2,1-3H3. The molecule has 2 aromatic rings. The van der Waals surface area contributed by atoms with Crippen molar-refractivity contribution in [3.8, 4) is 0 Å². The number of rotatable bonds is 10. The van der Waals surface area contributed by atoms with Crippen LogP contribution >= 0.6 is 11.3 Å². The number of hydrogen-bond donors (Lipinski definition) is 0. The summed E-state index contributed by atoms with van der Waals surface area (Å²) < 4.78 is 25.2. The van der Waals surface area contributed by atoms with Gasteiger partial charge in [-0.25, -0.2) is 12.7 Å². The molecule has 0 saturated heterocycles. The Kier molecular flexibility index (Phi) is 7.62. The first-order chi connectivity index (χ1) is 11.9. The molecule has 25 heavy (non-hydrogen) atoms. The summed E-state index contributed by atoms with van der Waals surface area (Å²) in [5.41, 5.74) is 1.32. The van der Waals surface area contributed by atoms with Crippen molar-refractivity contribution < 1.29 is 8.42 Å². The van der Waals surface area contributed by atoms with Gasteiger partial charge in [0.25, 0.3) is 0 Å². The molecule has 1 aromatic carbocycles. The van der Waals surface area contributed by atoms with Crippen molar-refractivity contribution in [2.75, 3.05) is 32.9 Å². The summed E-state index contributed by atoms with van der Waals surface area (Å²) in [7, 11) is 0.0679. The summed E-state index contributed by atoms with van der Waals surface area (Å²) in [6.07, 6.45) is 1.63. The lowest BCUT2D eigenvalue weighted by Gasteiger charge is -2.22. The van der Waals surface area contributed by atoms with Gasteiger partial charge in [-0.2, -0.15) is 0 Å². The minimum atomic E-state index is -3.12. The minimum absolute atomic E-state index is 0.200. The molecule has 0 saturated carbocycles. The van der Waals surface area contributed by atoms with Crippen LogP contribution in [0.15, 0.2) is 42.5 Å². The van der Waals surface area contributed by atoms with Crippen molar-refractivity contribution in [2.45, 2.75) is 26.3 Å². The maximum atomic E-state index is 12.0. The second-order valence-corrected chi connectivity index (χ2v) is 10.2. The van der Waals surface area contributed by atoms with Crippen molar-refractivity contribution in [1.82, 2.24) is 9.21 Å². The third kappa shape index (κ3) is 6.90. The Morgan fingerprint density at radius 2 is 1.72 bits per heavy atom. The summed E-state index contributed by atoms with van der Waals surface area (Å²) in [5.74, 6) is 0.200. The van der Waals surface area contributed by atoms with Gasteiger partial charge in [-0.3, -0.25) is 4.90 Å². The van der Waals surface area contributed by atoms with E-state index in [2.05, 4.69) is 48.2 Å². The lowest BCUT2D eigenvalue weighted by atomic mass is 10.1. The van der Waals surface area contributed by atoms with E-state index in [4.69, 9.17) is 0 Å². The number of sulfonamides is 1. The van der Waals surface area contributed by atoms with E-state index in [1.807, 2.05) is 17.4 Å². The van der Waals surface area contributed by atoms with Crippen LogP contribution in [-0.2, 0) is 23.0 Å². The Hall–Kier alpha value is -1.21. The van der Waals surface area contributed by atoms with E-state index in [0.717, 1.165) is 26.1 Å². The SMILES string of the molecule is Cc1ccc(CN(CCCS(=O)(=O)N(C)C)CCc2ccccc2)s1. The highest BCUT2D eigenvalue weighted by Gasteiger charge is 2.15. The Morgan fingerprint density at radius 3 is 2.32 bits per heavy atom. The predicted octanol–water partition coefficient (Wildman–Crippen LogP) is 3.38. The van der Waals surface area contributed by atoms with E-state index in [-0.39, 0.29) is 5.75 Å². The van der Waals surface area contributed by atoms with Gasteiger partial charge in [0.15, 0.2) is 0 Å². The van der Waals surface area contributed by atoms with E-state index in [1.54, 1.807) is 14.1 Å². The van der Waals surface area contributed by atoms with Crippen LogP contribution < -0.4 is 0 Å². The molecule has 0 atom stereocenters. The second kappa shape index (κ2) is 9.48. The van der Waals surface area contributed by atoms with Gasteiger partial charge in [0.2, 0.25) is 10.0 Å². The van der Waals surface area contributed by atoms with E-state index in [1.165, 1.54) is 19.6 Å². The number of aryl methyl sites for hydroxylation is 1. The lowest BCUT2D eigenvalue weighted by molar-refractivity contribution is 0.271. The molecule has 0 bridgehead atoms. The van der Waals surface area contributed by atoms with Crippen LogP contribution in [0.1, 0.15) is 21.7 Å². The summed E-state index contributed by atoms with van der Waals surface area (Å²) in [6.45, 7) is 4.72. The molecule has 6 heteroatoms. The quantitative estimate of drug-likeness (QED) is 0.634. The highest BCUT2D eigenvalue weighted by molar-refractivity contribution is 7.89. The molecule has 0 aliphatic rings. The molecule has 138 valence electrons. The van der Waals surface area contributed by atoms with Gasteiger partial charge in [-0.1, -0.05) is 30.3 Å². The molecule has 1 aromatic heterocycles. The largest absolute Gasteiger partial charge is 0.298 e. The third-order valence-corrected chi connectivity index (χ3v) is 7.07. The molecule has 0 N–H and O–H groups in total. The second-order valence-electron chi connectivity index (χ2n) is 6.48. The molecule has 0 aliphatic heterocycles. The normalized spacial score (nSPS) is 12.2. The van der Waals surface area contributed by atoms with E-state index in [0.29, 0.717) is 6.42 Å². The van der Waals surface area contributed by atoms with Crippen LogP contribution in [0.3, 0.4) is 0 Å². The van der Waals surface area contributed by atoms with Crippen molar-refractivity contribution in [2.24, 2.45) is 0 Å². The molecule has 0 unspecified atom stereocenters. The van der Waals surface area contributed by atoms with Crippen LogP contribution in [0, 0.1) is 6.92 Å². The summed E-state index contributed by atoms with van der Waals surface area (Å²) in [6, 6.07) is 14.8. The molecule has 2 rings (SSSR count). The average Bonchev–Trinajstić information content (AvgIpc) is 2.98. The molecule has 0 aliphatic carbocycles. The molecule has 0 fully saturated rings. The van der Waals surface area contributed by atoms with Crippen LogP contribution in [-0.4, -0.2) is 50.6 Å². The predicted molar refractivity (Wildman–Crippen MR) is 107 cm³/mol. The maximum Gasteiger partial charge on any atom is 0.213 e. The topological polar surface area (TPSA) is 40.6 Å². The van der Waals surface area contributed by atoms with Gasteiger partial charge in [0.05, 0.1) is 5.75 Å². The van der Waals surface area contributed by atoms with Gasteiger partial charge in [-0.05, 0) is 44.0 Å². The van der Waals surface area contributed by atoms with Crippen LogP contribution in [0.5, 0.6) is 0 Å². The highest BCUT2D eigenvalue weighted by atomic mass is 32.2. The average molecular weight is 381 g/mol. The highest BCUT2D eigenvalue weighted by Crippen LogP contribution is 2.18. The molecule has 0 radical (unpaired) electrons. The van der Waals surface area contributed by atoms with Crippen LogP contribution in [0.2, 0.25) is 0 Å². The fourth-order valence-corrected chi connectivity index (χ4v) is 4.44. The van der Waals surface area contributed by atoms with Gasteiger partial charge in [0, 0.05) is 36.9 Å². The Bertz CT molecular complexity index is 740. The van der Waals surface area contributed by atoms with Crippen molar-refractivity contribution in [3.05, 3.63) is 57.8 Å². The first kappa shape index (κ1) is 20.1. The van der Waals surface area contributed by atoms with Crippen LogP contribution in [0.25, 0.3) is 0 Å². The summed E-state index contributed by atoms with van der Waals surface area (Å²) in [4.78, 5) is 5.01. The first-order valence-electron chi connectivity index (χ1n) is 8.58. The molecule has 0 amide bonds. The monoisotopic (exact) mass is 380 g/mol. The number of hydrogen-bond acceptors (Lipinski definition) is 4.